The molecule has 1 aromatic heterocycles. The molecule has 0 aliphatic heterocycles. The molecule has 21 heavy (non-hydrogen) atoms. The molecule has 0 bridgehead atoms. The highest BCUT2D eigenvalue weighted by atomic mass is 16.5. The van der Waals surface area contributed by atoms with Crippen LogP contribution in [0.5, 0.6) is 5.75 Å². The van der Waals surface area contributed by atoms with Gasteiger partial charge < -0.3 is 9.84 Å². The minimum absolute atomic E-state index is 0.404. The smallest absolute Gasteiger partial charge is 0.119 e. The second-order valence-corrected chi connectivity index (χ2v) is 5.88. The third-order valence-electron chi connectivity index (χ3n) is 4.15. The molecule has 1 aliphatic carbocycles. The highest BCUT2D eigenvalue weighted by molar-refractivity contribution is 5.32. The Morgan fingerprint density at radius 2 is 1.95 bits per heavy atom. The summed E-state index contributed by atoms with van der Waals surface area (Å²) in [7, 11) is 1.93. The van der Waals surface area contributed by atoms with Gasteiger partial charge in [0.1, 0.15) is 5.75 Å². The largest absolute Gasteiger partial charge is 0.490 e. The van der Waals surface area contributed by atoms with Gasteiger partial charge in [0, 0.05) is 19.2 Å². The zero-order chi connectivity index (χ0) is 15.0. The maximum absolute atomic E-state index is 10.4. The van der Waals surface area contributed by atoms with Crippen molar-refractivity contribution in [2.24, 2.45) is 7.05 Å². The first kappa shape index (κ1) is 14.1. The molecular formula is C17H22N2O2. The fourth-order valence-corrected chi connectivity index (χ4v) is 2.57. The third kappa shape index (κ3) is 3.10. The molecule has 1 aliphatic rings. The van der Waals surface area contributed by atoms with E-state index in [1.54, 1.807) is 0 Å². The van der Waals surface area contributed by atoms with Crippen LogP contribution in [-0.4, -0.2) is 21.0 Å². The number of aliphatic hydroxyl groups is 1. The number of hydrogen-bond donors (Lipinski definition) is 1. The molecule has 1 atom stereocenters. The molecule has 4 heteroatoms. The molecule has 0 amide bonds. The predicted molar refractivity (Wildman–Crippen MR) is 81.4 cm³/mol. The molecule has 0 radical (unpaired) electrons. The maximum Gasteiger partial charge on any atom is 0.119 e. The summed E-state index contributed by atoms with van der Waals surface area (Å²) in [6, 6.07) is 7.78. The van der Waals surface area contributed by atoms with E-state index in [1.165, 1.54) is 0 Å². The van der Waals surface area contributed by atoms with Gasteiger partial charge in [0.15, 0.2) is 0 Å². The predicted octanol–water partition coefficient (Wildman–Crippen LogP) is 2.85. The number of rotatable bonds is 5. The average Bonchev–Trinajstić information content (AvgIpc) is 3.24. The Labute approximate surface area is 125 Å². The molecule has 1 aromatic carbocycles. The van der Waals surface area contributed by atoms with Crippen LogP contribution in [-0.2, 0) is 13.5 Å². The lowest BCUT2D eigenvalue weighted by Gasteiger charge is -2.12. The summed E-state index contributed by atoms with van der Waals surface area (Å²) in [6.45, 7) is 4.02. The Bertz CT molecular complexity index is 627. The van der Waals surface area contributed by atoms with Gasteiger partial charge in [-0.1, -0.05) is 12.1 Å². The number of aliphatic hydroxyl groups excluding tert-OH is 1. The topological polar surface area (TPSA) is 47.3 Å². The van der Waals surface area contributed by atoms with E-state index in [9.17, 15) is 5.11 Å². The summed E-state index contributed by atoms with van der Waals surface area (Å²) < 4.78 is 7.59. The van der Waals surface area contributed by atoms with Crippen LogP contribution in [0.4, 0.5) is 0 Å². The first-order valence-electron chi connectivity index (χ1n) is 7.48. The molecule has 3 rings (SSSR count). The van der Waals surface area contributed by atoms with Crippen molar-refractivity contribution in [1.82, 2.24) is 9.78 Å². The molecular weight excluding hydrogens is 264 g/mol. The molecule has 1 fully saturated rings. The van der Waals surface area contributed by atoms with Crippen LogP contribution in [0.25, 0.3) is 0 Å². The van der Waals surface area contributed by atoms with E-state index in [1.807, 2.05) is 49.8 Å². The molecule has 2 aromatic rings. The molecule has 1 heterocycles. The lowest BCUT2D eigenvalue weighted by Crippen LogP contribution is -2.04. The first-order chi connectivity index (χ1) is 10.0. The summed E-state index contributed by atoms with van der Waals surface area (Å²) in [5, 5.41) is 14.8. The van der Waals surface area contributed by atoms with Crippen molar-refractivity contribution in [3.8, 4) is 5.75 Å². The van der Waals surface area contributed by atoms with Crippen LogP contribution in [0.1, 0.15) is 41.5 Å². The fraction of sp³-hybridized carbons (Fsp3) is 0.471. The van der Waals surface area contributed by atoms with Gasteiger partial charge in [-0.2, -0.15) is 5.10 Å². The lowest BCUT2D eigenvalue weighted by molar-refractivity contribution is 0.178. The quantitative estimate of drug-likeness (QED) is 0.919. The van der Waals surface area contributed by atoms with Gasteiger partial charge in [-0.3, -0.25) is 4.68 Å². The summed E-state index contributed by atoms with van der Waals surface area (Å²) in [5.41, 5.74) is 4.15. The van der Waals surface area contributed by atoms with Gasteiger partial charge in [0.25, 0.3) is 0 Å². The van der Waals surface area contributed by atoms with Crippen LogP contribution in [0.15, 0.2) is 24.3 Å². The Balaban J connectivity index is 1.70. The number of benzene rings is 1. The minimum atomic E-state index is -0.512. The van der Waals surface area contributed by atoms with E-state index < -0.39 is 6.10 Å². The van der Waals surface area contributed by atoms with Crippen LogP contribution in [0.3, 0.4) is 0 Å². The highest BCUT2D eigenvalue weighted by Gasteiger charge is 2.23. The van der Waals surface area contributed by atoms with Crippen molar-refractivity contribution < 1.29 is 9.84 Å². The van der Waals surface area contributed by atoms with Crippen LogP contribution in [0.2, 0.25) is 0 Å². The Morgan fingerprint density at radius 1 is 1.29 bits per heavy atom. The van der Waals surface area contributed by atoms with Gasteiger partial charge in [-0.25, -0.2) is 0 Å². The SMILES string of the molecule is Cc1nn(C)c(C)c1CC(O)c1ccc(OC2CC2)cc1. The summed E-state index contributed by atoms with van der Waals surface area (Å²) >= 11 is 0. The van der Waals surface area contributed by atoms with Crippen molar-refractivity contribution in [3.05, 3.63) is 46.8 Å². The molecule has 4 nitrogen and oxygen atoms in total. The van der Waals surface area contributed by atoms with E-state index in [0.29, 0.717) is 12.5 Å². The molecule has 112 valence electrons. The van der Waals surface area contributed by atoms with Gasteiger partial charge in [-0.15, -0.1) is 0 Å². The van der Waals surface area contributed by atoms with Crippen molar-refractivity contribution in [1.29, 1.82) is 0 Å². The maximum atomic E-state index is 10.4. The average molecular weight is 286 g/mol. The summed E-state index contributed by atoms with van der Waals surface area (Å²) in [4.78, 5) is 0. The Morgan fingerprint density at radius 3 is 2.48 bits per heavy atom. The molecule has 1 unspecified atom stereocenters. The van der Waals surface area contributed by atoms with Crippen LogP contribution in [0, 0.1) is 13.8 Å². The van der Waals surface area contributed by atoms with Crippen LogP contribution < -0.4 is 4.74 Å². The zero-order valence-corrected chi connectivity index (χ0v) is 12.8. The van der Waals surface area contributed by atoms with Crippen molar-refractivity contribution in [3.63, 3.8) is 0 Å². The standard InChI is InChI=1S/C17H22N2O2/c1-11-16(12(2)19(3)18-11)10-17(20)13-4-6-14(7-5-13)21-15-8-9-15/h4-7,15,17,20H,8-10H2,1-3H3. The van der Waals surface area contributed by atoms with Gasteiger partial charge >= 0.3 is 0 Å². The summed E-state index contributed by atoms with van der Waals surface area (Å²) in [5.74, 6) is 0.891. The van der Waals surface area contributed by atoms with E-state index in [0.717, 1.165) is 41.1 Å². The number of aromatic nitrogens is 2. The summed E-state index contributed by atoms with van der Waals surface area (Å²) in [6.07, 6.45) is 2.80. The van der Waals surface area contributed by atoms with Gasteiger partial charge in [0.2, 0.25) is 0 Å². The fourth-order valence-electron chi connectivity index (χ4n) is 2.57. The van der Waals surface area contributed by atoms with E-state index in [4.69, 9.17) is 4.74 Å². The van der Waals surface area contributed by atoms with E-state index in [2.05, 4.69) is 5.10 Å². The Kier molecular flexibility index (Phi) is 3.72. The minimum Gasteiger partial charge on any atom is -0.490 e. The van der Waals surface area contributed by atoms with Crippen molar-refractivity contribution in [2.45, 2.75) is 45.3 Å². The second-order valence-electron chi connectivity index (χ2n) is 5.88. The lowest BCUT2D eigenvalue weighted by atomic mass is 10.00. The van der Waals surface area contributed by atoms with E-state index in [-0.39, 0.29) is 0 Å². The van der Waals surface area contributed by atoms with Gasteiger partial charge in [0.05, 0.1) is 17.9 Å². The van der Waals surface area contributed by atoms with Gasteiger partial charge in [-0.05, 0) is 49.9 Å². The number of hydrogen-bond acceptors (Lipinski definition) is 3. The number of nitrogens with zero attached hydrogens (tertiary/aromatic N) is 2. The molecule has 1 N–H and O–H groups in total. The van der Waals surface area contributed by atoms with E-state index >= 15 is 0 Å². The van der Waals surface area contributed by atoms with Crippen molar-refractivity contribution >= 4 is 0 Å². The van der Waals surface area contributed by atoms with Crippen LogP contribution >= 0.6 is 0 Å². The molecule has 0 spiro atoms. The van der Waals surface area contributed by atoms with Crippen molar-refractivity contribution in [2.75, 3.05) is 0 Å². The monoisotopic (exact) mass is 286 g/mol. The molecule has 1 saturated carbocycles. The molecule has 0 saturated heterocycles. The second kappa shape index (κ2) is 5.53. The highest BCUT2D eigenvalue weighted by Crippen LogP contribution is 2.28. The zero-order valence-electron chi connectivity index (χ0n) is 12.8. The normalized spacial score (nSPS) is 16.0. The number of ether oxygens (including phenoxy) is 1. The first-order valence-corrected chi connectivity index (χ1v) is 7.48. The Hall–Kier alpha value is -1.81. The third-order valence-corrected chi connectivity index (χ3v) is 4.15. The number of aryl methyl sites for hydroxylation is 2.